The molecule has 21 heavy (non-hydrogen) atoms. The lowest BCUT2D eigenvalue weighted by Crippen LogP contribution is -2.47. The van der Waals surface area contributed by atoms with Crippen molar-refractivity contribution in [2.75, 3.05) is 0 Å². The van der Waals surface area contributed by atoms with E-state index in [4.69, 9.17) is 0 Å². The van der Waals surface area contributed by atoms with E-state index in [2.05, 4.69) is 36.2 Å². The number of allylic oxidation sites excluding steroid dienone is 1. The van der Waals surface area contributed by atoms with Crippen molar-refractivity contribution < 1.29 is 4.79 Å². The van der Waals surface area contributed by atoms with Crippen molar-refractivity contribution in [3.05, 3.63) is 42.0 Å². The number of ketones is 1. The molecule has 0 aliphatic carbocycles. The van der Waals surface area contributed by atoms with E-state index in [1.807, 2.05) is 13.8 Å². The van der Waals surface area contributed by atoms with Crippen LogP contribution in [0.15, 0.2) is 30.8 Å². The van der Waals surface area contributed by atoms with Gasteiger partial charge in [-0.2, -0.15) is 0 Å². The van der Waals surface area contributed by atoms with Crippen LogP contribution in [-0.4, -0.2) is 17.9 Å². The fourth-order valence-corrected chi connectivity index (χ4v) is 4.10. The highest BCUT2D eigenvalue weighted by Gasteiger charge is 2.44. The van der Waals surface area contributed by atoms with E-state index in [9.17, 15) is 4.79 Å². The average molecular weight is 283 g/mol. The molecule has 0 spiro atoms. The number of carbonyl (C=O) groups is 1. The van der Waals surface area contributed by atoms with Gasteiger partial charge >= 0.3 is 0 Å². The molecule has 112 valence electrons. The van der Waals surface area contributed by atoms with Crippen LogP contribution in [0.4, 0.5) is 0 Å². The van der Waals surface area contributed by atoms with Crippen molar-refractivity contribution in [3.63, 3.8) is 0 Å². The van der Waals surface area contributed by atoms with Gasteiger partial charge in [0.15, 0.2) is 0 Å². The fourth-order valence-electron chi connectivity index (χ4n) is 4.10. The van der Waals surface area contributed by atoms with E-state index in [0.717, 1.165) is 18.4 Å². The monoisotopic (exact) mass is 283 g/mol. The first-order valence-corrected chi connectivity index (χ1v) is 8.14. The number of carbonyl (C=O) groups excluding carboxylic acids is 1. The van der Waals surface area contributed by atoms with Crippen molar-refractivity contribution in [3.8, 4) is 0 Å². The predicted octanol–water partition coefficient (Wildman–Crippen LogP) is 3.92. The summed E-state index contributed by atoms with van der Waals surface area (Å²) >= 11 is 0. The van der Waals surface area contributed by atoms with Gasteiger partial charge in [-0.15, -0.1) is 0 Å². The Bertz CT molecular complexity index is 545. The van der Waals surface area contributed by atoms with Gasteiger partial charge in [0, 0.05) is 24.4 Å². The molecule has 1 N–H and O–H groups in total. The highest BCUT2D eigenvalue weighted by Crippen LogP contribution is 2.42. The molecule has 2 heterocycles. The summed E-state index contributed by atoms with van der Waals surface area (Å²) in [5.74, 6) is 0.960. The number of benzene rings is 1. The lowest BCUT2D eigenvalue weighted by Gasteiger charge is -2.37. The van der Waals surface area contributed by atoms with Gasteiger partial charge in [-0.1, -0.05) is 43.3 Å². The van der Waals surface area contributed by atoms with E-state index < -0.39 is 0 Å². The molecule has 0 aromatic heterocycles. The minimum Gasteiger partial charge on any atom is -0.310 e. The van der Waals surface area contributed by atoms with Crippen LogP contribution < -0.4 is 5.32 Å². The van der Waals surface area contributed by atoms with Crippen molar-refractivity contribution in [1.82, 2.24) is 5.32 Å². The molecule has 0 unspecified atom stereocenters. The van der Waals surface area contributed by atoms with E-state index in [1.54, 1.807) is 0 Å². The standard InChI is InChI=1S/C19H25NO/c1-4-18(21)19-16(11-15-9-10-17(19)20-15)14-7-5-13(6-8-14)12(2)3/h5-8,15-17,19-20H,2,4,9-11H2,1,3H3/t15-,16+,17+,19-/m0/s1. The summed E-state index contributed by atoms with van der Waals surface area (Å²) in [5, 5.41) is 3.65. The van der Waals surface area contributed by atoms with Crippen LogP contribution in [-0.2, 0) is 4.79 Å². The molecular formula is C19H25NO. The second kappa shape index (κ2) is 5.76. The predicted molar refractivity (Wildman–Crippen MR) is 87.2 cm³/mol. The summed E-state index contributed by atoms with van der Waals surface area (Å²) in [7, 11) is 0. The van der Waals surface area contributed by atoms with Crippen LogP contribution in [0.25, 0.3) is 5.57 Å². The van der Waals surface area contributed by atoms with Gasteiger partial charge in [0.25, 0.3) is 0 Å². The highest BCUT2D eigenvalue weighted by atomic mass is 16.1. The number of nitrogens with one attached hydrogen (secondary N) is 1. The zero-order chi connectivity index (χ0) is 15.0. The molecule has 0 amide bonds. The molecule has 3 rings (SSSR count). The minimum atomic E-state index is 0.157. The van der Waals surface area contributed by atoms with Gasteiger partial charge in [0.2, 0.25) is 0 Å². The zero-order valence-corrected chi connectivity index (χ0v) is 13.1. The number of rotatable bonds is 4. The number of piperidine rings is 1. The van der Waals surface area contributed by atoms with Crippen LogP contribution >= 0.6 is 0 Å². The van der Waals surface area contributed by atoms with Gasteiger partial charge in [0.05, 0.1) is 0 Å². The summed E-state index contributed by atoms with van der Waals surface area (Å²) in [5.41, 5.74) is 3.60. The Hall–Kier alpha value is -1.41. The lowest BCUT2D eigenvalue weighted by atomic mass is 9.74. The summed E-state index contributed by atoms with van der Waals surface area (Å²) in [6.07, 6.45) is 4.12. The van der Waals surface area contributed by atoms with Gasteiger partial charge in [0.1, 0.15) is 5.78 Å². The summed E-state index contributed by atoms with van der Waals surface area (Å²) in [6.45, 7) is 8.02. The van der Waals surface area contributed by atoms with Gasteiger partial charge < -0.3 is 5.32 Å². The topological polar surface area (TPSA) is 29.1 Å². The van der Waals surface area contributed by atoms with Gasteiger partial charge in [-0.25, -0.2) is 0 Å². The van der Waals surface area contributed by atoms with Crippen molar-refractivity contribution in [2.24, 2.45) is 5.92 Å². The molecule has 2 aliphatic heterocycles. The Morgan fingerprint density at radius 1 is 1.29 bits per heavy atom. The average Bonchev–Trinajstić information content (AvgIpc) is 2.88. The van der Waals surface area contributed by atoms with Crippen LogP contribution in [0.5, 0.6) is 0 Å². The van der Waals surface area contributed by atoms with E-state index in [1.165, 1.54) is 17.5 Å². The maximum atomic E-state index is 12.5. The summed E-state index contributed by atoms with van der Waals surface area (Å²) < 4.78 is 0. The van der Waals surface area contributed by atoms with Gasteiger partial charge in [-0.05, 0) is 43.2 Å². The molecule has 4 atom stereocenters. The molecule has 0 saturated carbocycles. The fraction of sp³-hybridized carbons (Fsp3) is 0.526. The molecule has 1 aromatic rings. The zero-order valence-electron chi connectivity index (χ0n) is 13.1. The number of hydrogen-bond donors (Lipinski definition) is 1. The SMILES string of the molecule is C=C(C)c1ccc([C@H]2C[C@@H]3CC[C@@H](N3)[C@H]2C(=O)CC)cc1. The van der Waals surface area contributed by atoms with E-state index in [0.29, 0.717) is 30.2 Å². The third-order valence-corrected chi connectivity index (χ3v) is 5.23. The Kier molecular flexibility index (Phi) is 3.99. The normalized spacial score (nSPS) is 31.1. The lowest BCUT2D eigenvalue weighted by molar-refractivity contribution is -0.124. The van der Waals surface area contributed by atoms with Crippen LogP contribution in [0.2, 0.25) is 0 Å². The smallest absolute Gasteiger partial charge is 0.137 e. The van der Waals surface area contributed by atoms with Crippen molar-refractivity contribution >= 4 is 11.4 Å². The third-order valence-electron chi connectivity index (χ3n) is 5.23. The quantitative estimate of drug-likeness (QED) is 0.907. The Morgan fingerprint density at radius 2 is 2.00 bits per heavy atom. The number of hydrogen-bond acceptors (Lipinski definition) is 2. The van der Waals surface area contributed by atoms with Crippen LogP contribution in [0, 0.1) is 5.92 Å². The van der Waals surface area contributed by atoms with E-state index in [-0.39, 0.29) is 5.92 Å². The minimum absolute atomic E-state index is 0.157. The summed E-state index contributed by atoms with van der Waals surface area (Å²) in [6, 6.07) is 9.69. The second-order valence-corrected chi connectivity index (χ2v) is 6.64. The Labute approximate surface area is 127 Å². The van der Waals surface area contributed by atoms with Crippen LogP contribution in [0.3, 0.4) is 0 Å². The highest BCUT2D eigenvalue weighted by molar-refractivity contribution is 5.82. The first-order valence-electron chi connectivity index (χ1n) is 8.14. The molecule has 2 fully saturated rings. The Balaban J connectivity index is 1.90. The maximum Gasteiger partial charge on any atom is 0.137 e. The maximum absolute atomic E-state index is 12.5. The molecule has 2 aliphatic rings. The largest absolute Gasteiger partial charge is 0.310 e. The second-order valence-electron chi connectivity index (χ2n) is 6.64. The van der Waals surface area contributed by atoms with E-state index >= 15 is 0 Å². The molecule has 2 saturated heterocycles. The third kappa shape index (κ3) is 2.69. The first kappa shape index (κ1) is 14.5. The van der Waals surface area contributed by atoms with Crippen molar-refractivity contribution in [1.29, 1.82) is 0 Å². The molecule has 2 bridgehead atoms. The first-order chi connectivity index (χ1) is 10.1. The van der Waals surface area contributed by atoms with Crippen molar-refractivity contribution in [2.45, 2.75) is 57.5 Å². The molecule has 0 radical (unpaired) electrons. The molecule has 2 heteroatoms. The molecular weight excluding hydrogens is 258 g/mol. The molecule has 1 aromatic carbocycles. The molecule has 2 nitrogen and oxygen atoms in total. The number of fused-ring (bicyclic) bond motifs is 2. The van der Waals surface area contributed by atoms with Crippen LogP contribution in [0.1, 0.15) is 56.6 Å². The summed E-state index contributed by atoms with van der Waals surface area (Å²) in [4.78, 5) is 12.5. The van der Waals surface area contributed by atoms with Gasteiger partial charge in [-0.3, -0.25) is 4.79 Å². The Morgan fingerprint density at radius 3 is 2.62 bits per heavy atom. The number of Topliss-reactive ketones (excluding diaryl/α,β-unsaturated/α-hetero) is 1.